The van der Waals surface area contributed by atoms with Crippen LogP contribution in [0.25, 0.3) is 0 Å². The highest BCUT2D eigenvalue weighted by atomic mass is 14.9. The Bertz CT molecular complexity index is 409. The number of aryl methyl sites for hydroxylation is 2. The van der Waals surface area contributed by atoms with E-state index in [1.807, 2.05) is 6.92 Å². The average Bonchev–Trinajstić information content (AvgIpc) is 2.31. The minimum Gasteiger partial charge on any atom is -0.313 e. The van der Waals surface area contributed by atoms with E-state index in [-0.39, 0.29) is 0 Å². The lowest BCUT2D eigenvalue weighted by Gasteiger charge is -2.16. The maximum Gasteiger partial charge on any atom is 0.0246 e. The van der Waals surface area contributed by atoms with Gasteiger partial charge in [0.25, 0.3) is 0 Å². The normalized spacial score (nSPS) is 11.8. The highest BCUT2D eigenvalue weighted by Crippen LogP contribution is 2.12. The zero-order valence-corrected chi connectivity index (χ0v) is 11.4. The van der Waals surface area contributed by atoms with E-state index in [2.05, 4.69) is 56.1 Å². The van der Waals surface area contributed by atoms with Crippen molar-refractivity contribution >= 4 is 0 Å². The van der Waals surface area contributed by atoms with Gasteiger partial charge in [-0.15, -0.1) is 11.8 Å². The van der Waals surface area contributed by atoms with Crippen molar-refractivity contribution < 1.29 is 0 Å². The van der Waals surface area contributed by atoms with Crippen molar-refractivity contribution in [3.05, 3.63) is 34.9 Å². The molecule has 1 atom stereocenters. The first-order valence-corrected chi connectivity index (χ1v) is 6.36. The summed E-state index contributed by atoms with van der Waals surface area (Å²) in [7, 11) is 0. The van der Waals surface area contributed by atoms with Crippen LogP contribution in [0.1, 0.15) is 37.0 Å². The van der Waals surface area contributed by atoms with Gasteiger partial charge in [0.1, 0.15) is 0 Å². The van der Waals surface area contributed by atoms with Crippen LogP contribution in [0, 0.1) is 25.7 Å². The number of hydrogen-bond acceptors (Lipinski definition) is 1. The van der Waals surface area contributed by atoms with E-state index in [0.717, 1.165) is 19.4 Å². The van der Waals surface area contributed by atoms with Crippen LogP contribution in [-0.4, -0.2) is 12.6 Å². The van der Waals surface area contributed by atoms with Gasteiger partial charge >= 0.3 is 0 Å². The van der Waals surface area contributed by atoms with Crippen molar-refractivity contribution in [1.29, 1.82) is 0 Å². The van der Waals surface area contributed by atoms with Crippen molar-refractivity contribution in [2.45, 2.75) is 46.6 Å². The minimum absolute atomic E-state index is 0.467. The van der Waals surface area contributed by atoms with Gasteiger partial charge < -0.3 is 5.32 Å². The summed E-state index contributed by atoms with van der Waals surface area (Å²) in [6.45, 7) is 9.38. The molecule has 0 aromatic heterocycles. The molecule has 1 aromatic carbocycles. The third kappa shape index (κ3) is 4.63. The predicted molar refractivity (Wildman–Crippen MR) is 75.2 cm³/mol. The molecule has 0 aliphatic carbocycles. The van der Waals surface area contributed by atoms with E-state index in [1.165, 1.54) is 16.7 Å². The summed E-state index contributed by atoms with van der Waals surface area (Å²) in [4.78, 5) is 0. The Morgan fingerprint density at radius 1 is 1.24 bits per heavy atom. The molecule has 1 heteroatoms. The lowest BCUT2D eigenvalue weighted by atomic mass is 9.99. The molecule has 0 amide bonds. The smallest absolute Gasteiger partial charge is 0.0246 e. The molecular weight excluding hydrogens is 206 g/mol. The van der Waals surface area contributed by atoms with Crippen LogP contribution in [0.4, 0.5) is 0 Å². The number of nitrogens with one attached hydrogen (secondary N) is 1. The largest absolute Gasteiger partial charge is 0.313 e. The topological polar surface area (TPSA) is 12.0 Å². The summed E-state index contributed by atoms with van der Waals surface area (Å²) < 4.78 is 0. The fourth-order valence-corrected chi connectivity index (χ4v) is 1.95. The Kier molecular flexibility index (Phi) is 5.80. The molecule has 1 aromatic rings. The number of benzene rings is 1. The van der Waals surface area contributed by atoms with E-state index < -0.39 is 0 Å². The first kappa shape index (κ1) is 13.8. The molecule has 0 saturated heterocycles. The number of rotatable bonds is 5. The Morgan fingerprint density at radius 3 is 2.59 bits per heavy atom. The second-order valence-electron chi connectivity index (χ2n) is 4.51. The number of hydrogen-bond donors (Lipinski definition) is 1. The Balaban J connectivity index is 2.69. The minimum atomic E-state index is 0.467. The van der Waals surface area contributed by atoms with Gasteiger partial charge in [0.05, 0.1) is 0 Å². The third-order valence-electron chi connectivity index (χ3n) is 3.07. The molecule has 1 unspecified atom stereocenters. The van der Waals surface area contributed by atoms with Crippen molar-refractivity contribution in [3.63, 3.8) is 0 Å². The Hall–Kier alpha value is -1.26. The van der Waals surface area contributed by atoms with Gasteiger partial charge in [0, 0.05) is 12.5 Å². The molecule has 0 aliphatic rings. The molecule has 0 radical (unpaired) electrons. The van der Waals surface area contributed by atoms with Gasteiger partial charge in [-0.1, -0.05) is 25.1 Å². The summed E-state index contributed by atoms with van der Waals surface area (Å²) in [6.07, 6.45) is 1.99. The Labute approximate surface area is 106 Å². The summed E-state index contributed by atoms with van der Waals surface area (Å²) >= 11 is 0. The van der Waals surface area contributed by atoms with Gasteiger partial charge in [-0.3, -0.25) is 0 Å². The highest BCUT2D eigenvalue weighted by molar-refractivity contribution is 5.30. The van der Waals surface area contributed by atoms with Gasteiger partial charge in [-0.25, -0.2) is 0 Å². The standard InChI is InChI=1S/C16H23N/c1-5-7-8-16(17-6-2)12-15-10-9-13(3)14(4)11-15/h9-11,16-17H,6,8,12H2,1-4H3. The van der Waals surface area contributed by atoms with Gasteiger partial charge in [-0.05, 0) is 50.4 Å². The quantitative estimate of drug-likeness (QED) is 0.764. The summed E-state index contributed by atoms with van der Waals surface area (Å²) in [5.74, 6) is 6.14. The fraction of sp³-hybridized carbons (Fsp3) is 0.500. The highest BCUT2D eigenvalue weighted by Gasteiger charge is 2.07. The maximum atomic E-state index is 3.50. The van der Waals surface area contributed by atoms with Gasteiger partial charge in [0.2, 0.25) is 0 Å². The molecule has 1 N–H and O–H groups in total. The summed E-state index contributed by atoms with van der Waals surface area (Å²) in [5.41, 5.74) is 4.14. The average molecular weight is 229 g/mol. The molecule has 1 rings (SSSR count). The summed E-state index contributed by atoms with van der Waals surface area (Å²) in [6, 6.07) is 7.19. The van der Waals surface area contributed by atoms with Gasteiger partial charge in [-0.2, -0.15) is 0 Å². The first-order valence-electron chi connectivity index (χ1n) is 6.36. The predicted octanol–water partition coefficient (Wildman–Crippen LogP) is 3.24. The lowest BCUT2D eigenvalue weighted by molar-refractivity contribution is 0.535. The summed E-state index contributed by atoms with van der Waals surface area (Å²) in [5, 5.41) is 3.50. The SMILES string of the molecule is CC#CCC(Cc1ccc(C)c(C)c1)NCC. The van der Waals surface area contributed by atoms with Crippen LogP contribution in [-0.2, 0) is 6.42 Å². The monoisotopic (exact) mass is 229 g/mol. The molecule has 0 saturated carbocycles. The van der Waals surface area contributed by atoms with Crippen LogP contribution >= 0.6 is 0 Å². The second kappa shape index (κ2) is 7.14. The van der Waals surface area contributed by atoms with Crippen molar-refractivity contribution in [2.75, 3.05) is 6.54 Å². The van der Waals surface area contributed by atoms with Crippen molar-refractivity contribution in [3.8, 4) is 11.8 Å². The Morgan fingerprint density at radius 2 is 2.00 bits per heavy atom. The first-order chi connectivity index (χ1) is 8.17. The zero-order chi connectivity index (χ0) is 12.7. The van der Waals surface area contributed by atoms with Crippen LogP contribution in [0.15, 0.2) is 18.2 Å². The molecule has 17 heavy (non-hydrogen) atoms. The molecular formula is C16H23N. The van der Waals surface area contributed by atoms with Crippen molar-refractivity contribution in [2.24, 2.45) is 0 Å². The molecule has 92 valence electrons. The van der Waals surface area contributed by atoms with Gasteiger partial charge in [0.15, 0.2) is 0 Å². The molecule has 1 nitrogen and oxygen atoms in total. The molecule has 0 bridgehead atoms. The molecule has 0 heterocycles. The third-order valence-corrected chi connectivity index (χ3v) is 3.07. The number of likely N-dealkylation sites (N-methyl/N-ethyl adjacent to an activating group) is 1. The molecule has 0 aliphatic heterocycles. The van der Waals surface area contributed by atoms with E-state index in [1.54, 1.807) is 0 Å². The van der Waals surface area contributed by atoms with Crippen LogP contribution in [0.5, 0.6) is 0 Å². The van der Waals surface area contributed by atoms with Crippen LogP contribution in [0.3, 0.4) is 0 Å². The molecule has 0 spiro atoms. The lowest BCUT2D eigenvalue weighted by Crippen LogP contribution is -2.30. The molecule has 0 fully saturated rings. The van der Waals surface area contributed by atoms with E-state index >= 15 is 0 Å². The van der Waals surface area contributed by atoms with Crippen LogP contribution in [0.2, 0.25) is 0 Å². The zero-order valence-electron chi connectivity index (χ0n) is 11.4. The van der Waals surface area contributed by atoms with E-state index in [4.69, 9.17) is 0 Å². The van der Waals surface area contributed by atoms with Crippen molar-refractivity contribution in [1.82, 2.24) is 5.32 Å². The van der Waals surface area contributed by atoms with E-state index in [0.29, 0.717) is 6.04 Å². The maximum absolute atomic E-state index is 3.50. The fourth-order valence-electron chi connectivity index (χ4n) is 1.95. The van der Waals surface area contributed by atoms with E-state index in [9.17, 15) is 0 Å². The second-order valence-corrected chi connectivity index (χ2v) is 4.51. The van der Waals surface area contributed by atoms with Crippen LogP contribution < -0.4 is 5.32 Å².